The minimum absolute atomic E-state index is 0.538. The molecule has 3 rings (SSSR count). The number of hydrogen-bond acceptors (Lipinski definition) is 4. The van der Waals surface area contributed by atoms with E-state index in [0.29, 0.717) is 6.04 Å². The fourth-order valence-electron chi connectivity index (χ4n) is 3.83. The lowest BCUT2D eigenvalue weighted by atomic mass is 9.96. The molecule has 5 nitrogen and oxygen atoms in total. The first-order chi connectivity index (χ1) is 12.7. The van der Waals surface area contributed by atoms with E-state index >= 15 is 0 Å². The summed E-state index contributed by atoms with van der Waals surface area (Å²) in [7, 11) is 0. The standard InChI is InChI=1S/C20H33N3O2S/c1-17-8-9-19(25-17)16-23(11-5-10-22-12-14-24-15-13-22)20(26)21-18-6-3-2-4-7-18/h8-9,18H,2-7,10-16H2,1H3,(H,21,26). The summed E-state index contributed by atoms with van der Waals surface area (Å²) in [6.07, 6.45) is 7.57. The smallest absolute Gasteiger partial charge is 0.169 e. The number of ether oxygens (including phenoxy) is 1. The molecule has 6 heteroatoms. The maximum Gasteiger partial charge on any atom is 0.169 e. The van der Waals surface area contributed by atoms with Gasteiger partial charge in [0.05, 0.1) is 19.8 Å². The Morgan fingerprint density at radius 3 is 2.69 bits per heavy atom. The minimum atomic E-state index is 0.538. The van der Waals surface area contributed by atoms with Crippen molar-refractivity contribution >= 4 is 17.3 Å². The molecule has 26 heavy (non-hydrogen) atoms. The molecule has 1 aliphatic carbocycles. The summed E-state index contributed by atoms with van der Waals surface area (Å²) < 4.78 is 11.2. The molecular formula is C20H33N3O2S. The Labute approximate surface area is 163 Å². The van der Waals surface area contributed by atoms with E-state index in [9.17, 15) is 0 Å². The molecule has 2 fully saturated rings. The summed E-state index contributed by atoms with van der Waals surface area (Å²) in [4.78, 5) is 4.76. The topological polar surface area (TPSA) is 40.9 Å². The Morgan fingerprint density at radius 2 is 2.00 bits per heavy atom. The second kappa shape index (κ2) is 10.3. The van der Waals surface area contributed by atoms with E-state index in [0.717, 1.165) is 69.0 Å². The van der Waals surface area contributed by atoms with Crippen molar-refractivity contribution in [2.45, 2.75) is 58.0 Å². The predicted molar refractivity (Wildman–Crippen MR) is 108 cm³/mol. The van der Waals surface area contributed by atoms with Crippen molar-refractivity contribution in [3.8, 4) is 0 Å². The zero-order chi connectivity index (χ0) is 18.2. The quantitative estimate of drug-likeness (QED) is 0.733. The molecule has 1 saturated carbocycles. The van der Waals surface area contributed by atoms with E-state index in [-0.39, 0.29) is 0 Å². The average molecular weight is 380 g/mol. The Hall–Kier alpha value is -1.11. The SMILES string of the molecule is Cc1ccc(CN(CCCN2CCOCC2)C(=S)NC2CCCCC2)o1. The fourth-order valence-corrected chi connectivity index (χ4v) is 4.16. The monoisotopic (exact) mass is 379 g/mol. The number of nitrogens with zero attached hydrogens (tertiary/aromatic N) is 2. The molecule has 0 radical (unpaired) electrons. The largest absolute Gasteiger partial charge is 0.464 e. The van der Waals surface area contributed by atoms with Crippen molar-refractivity contribution in [2.75, 3.05) is 39.4 Å². The summed E-state index contributed by atoms with van der Waals surface area (Å²) in [6, 6.07) is 4.63. The Morgan fingerprint density at radius 1 is 1.23 bits per heavy atom. The van der Waals surface area contributed by atoms with Crippen molar-refractivity contribution in [1.29, 1.82) is 0 Å². The molecule has 1 aromatic heterocycles. The molecule has 2 heterocycles. The van der Waals surface area contributed by atoms with Gasteiger partial charge in [0.25, 0.3) is 0 Å². The van der Waals surface area contributed by atoms with Crippen molar-refractivity contribution in [1.82, 2.24) is 15.1 Å². The minimum Gasteiger partial charge on any atom is -0.464 e. The zero-order valence-electron chi connectivity index (χ0n) is 16.0. The van der Waals surface area contributed by atoms with Crippen LogP contribution in [0, 0.1) is 6.92 Å². The molecule has 0 unspecified atom stereocenters. The predicted octanol–water partition coefficient (Wildman–Crippen LogP) is 3.32. The lowest BCUT2D eigenvalue weighted by molar-refractivity contribution is 0.0367. The molecular weight excluding hydrogens is 346 g/mol. The van der Waals surface area contributed by atoms with Crippen LogP contribution in [0.4, 0.5) is 0 Å². The van der Waals surface area contributed by atoms with E-state index in [1.54, 1.807) is 0 Å². The van der Waals surface area contributed by atoms with E-state index in [1.165, 1.54) is 32.1 Å². The fraction of sp³-hybridized carbons (Fsp3) is 0.750. The van der Waals surface area contributed by atoms with Gasteiger partial charge in [-0.15, -0.1) is 0 Å². The van der Waals surface area contributed by atoms with E-state index < -0.39 is 0 Å². The van der Waals surface area contributed by atoms with Gasteiger partial charge in [0, 0.05) is 32.2 Å². The average Bonchev–Trinajstić information content (AvgIpc) is 3.07. The molecule has 1 aromatic rings. The van der Waals surface area contributed by atoms with Gasteiger partial charge in [-0.25, -0.2) is 0 Å². The van der Waals surface area contributed by atoms with Gasteiger partial charge in [0.2, 0.25) is 0 Å². The Balaban J connectivity index is 1.52. The Kier molecular flexibility index (Phi) is 7.77. The third-order valence-electron chi connectivity index (χ3n) is 5.37. The maximum atomic E-state index is 5.79. The van der Waals surface area contributed by atoms with E-state index in [2.05, 4.69) is 21.2 Å². The van der Waals surface area contributed by atoms with Gasteiger partial charge in [-0.05, 0) is 50.5 Å². The number of morpholine rings is 1. The van der Waals surface area contributed by atoms with Gasteiger partial charge in [-0.3, -0.25) is 4.90 Å². The van der Waals surface area contributed by atoms with Gasteiger partial charge in [0.1, 0.15) is 11.5 Å². The van der Waals surface area contributed by atoms with Crippen molar-refractivity contribution in [3.63, 3.8) is 0 Å². The molecule has 0 spiro atoms. The van der Waals surface area contributed by atoms with Crippen LogP contribution in [-0.2, 0) is 11.3 Å². The number of aryl methyl sites for hydroxylation is 1. The first kappa shape index (κ1) is 19.6. The first-order valence-electron chi connectivity index (χ1n) is 10.1. The van der Waals surface area contributed by atoms with Gasteiger partial charge < -0.3 is 19.4 Å². The molecule has 0 amide bonds. The molecule has 1 saturated heterocycles. The summed E-state index contributed by atoms with van der Waals surface area (Å²) in [6.45, 7) is 8.59. The highest BCUT2D eigenvalue weighted by molar-refractivity contribution is 7.80. The molecule has 0 aromatic carbocycles. The summed E-state index contributed by atoms with van der Waals surface area (Å²) >= 11 is 5.77. The molecule has 146 valence electrons. The third kappa shape index (κ3) is 6.25. The van der Waals surface area contributed by atoms with Gasteiger partial charge in [-0.1, -0.05) is 19.3 Å². The van der Waals surface area contributed by atoms with Crippen LogP contribution in [0.3, 0.4) is 0 Å². The van der Waals surface area contributed by atoms with Crippen LogP contribution < -0.4 is 5.32 Å². The second-order valence-corrected chi connectivity index (χ2v) is 7.91. The number of hydrogen-bond donors (Lipinski definition) is 1. The lowest BCUT2D eigenvalue weighted by Gasteiger charge is -2.31. The van der Waals surface area contributed by atoms with Gasteiger partial charge >= 0.3 is 0 Å². The number of furan rings is 1. The third-order valence-corrected chi connectivity index (χ3v) is 5.74. The van der Waals surface area contributed by atoms with Crippen LogP contribution in [0.2, 0.25) is 0 Å². The zero-order valence-corrected chi connectivity index (χ0v) is 16.9. The van der Waals surface area contributed by atoms with Crippen molar-refractivity contribution < 1.29 is 9.15 Å². The maximum absolute atomic E-state index is 5.79. The molecule has 1 N–H and O–H groups in total. The van der Waals surface area contributed by atoms with E-state index in [4.69, 9.17) is 21.4 Å². The highest BCUT2D eigenvalue weighted by Crippen LogP contribution is 2.18. The first-order valence-corrected chi connectivity index (χ1v) is 10.5. The van der Waals surface area contributed by atoms with Crippen molar-refractivity contribution in [3.05, 3.63) is 23.7 Å². The summed E-state index contributed by atoms with van der Waals surface area (Å²) in [5.41, 5.74) is 0. The van der Waals surface area contributed by atoms with Gasteiger partial charge in [0.15, 0.2) is 5.11 Å². The van der Waals surface area contributed by atoms with Crippen LogP contribution in [0.25, 0.3) is 0 Å². The van der Waals surface area contributed by atoms with Crippen molar-refractivity contribution in [2.24, 2.45) is 0 Å². The van der Waals surface area contributed by atoms with E-state index in [1.807, 2.05) is 13.0 Å². The number of nitrogens with one attached hydrogen (secondary N) is 1. The molecule has 0 bridgehead atoms. The normalized spacial score (nSPS) is 19.4. The molecule has 0 atom stereocenters. The van der Waals surface area contributed by atoms with Crippen LogP contribution in [-0.4, -0.2) is 60.3 Å². The van der Waals surface area contributed by atoms with Crippen LogP contribution in [0.1, 0.15) is 50.0 Å². The van der Waals surface area contributed by atoms with Gasteiger partial charge in [-0.2, -0.15) is 0 Å². The molecule has 1 aliphatic heterocycles. The Bertz CT molecular complexity index is 551. The highest BCUT2D eigenvalue weighted by Gasteiger charge is 2.19. The van der Waals surface area contributed by atoms with Crippen LogP contribution >= 0.6 is 12.2 Å². The summed E-state index contributed by atoms with van der Waals surface area (Å²) in [5.74, 6) is 1.95. The molecule has 2 aliphatic rings. The van der Waals surface area contributed by atoms with Crippen LogP contribution in [0.5, 0.6) is 0 Å². The lowest BCUT2D eigenvalue weighted by Crippen LogP contribution is -2.46. The van der Waals surface area contributed by atoms with Crippen LogP contribution in [0.15, 0.2) is 16.5 Å². The second-order valence-electron chi connectivity index (χ2n) is 7.53. The number of rotatable bonds is 7. The summed E-state index contributed by atoms with van der Waals surface area (Å²) in [5, 5.41) is 4.50. The highest BCUT2D eigenvalue weighted by atomic mass is 32.1. The number of thiocarbonyl (C=S) groups is 1.